The van der Waals surface area contributed by atoms with Crippen molar-refractivity contribution < 1.29 is 0 Å². The zero-order chi connectivity index (χ0) is 9.14. The van der Waals surface area contributed by atoms with Gasteiger partial charge in [0, 0.05) is 6.54 Å². The fraction of sp³-hybridized carbons (Fsp3) is 0.556. The molecule has 64 valence electrons. The van der Waals surface area contributed by atoms with Crippen LogP contribution in [0.2, 0.25) is 0 Å². The Morgan fingerprint density at radius 1 is 1.67 bits per heavy atom. The predicted molar refractivity (Wildman–Crippen MR) is 46.7 cm³/mol. The zero-order valence-corrected chi connectivity index (χ0v) is 7.70. The molecule has 0 unspecified atom stereocenters. The Bertz CT molecular complexity index is 304. The van der Waals surface area contributed by atoms with Crippen LogP contribution in [0.15, 0.2) is 6.07 Å². The normalized spacial score (nSPS) is 10.2. The van der Waals surface area contributed by atoms with Gasteiger partial charge in [0.05, 0.1) is 5.69 Å². The molecule has 0 atom stereocenters. The van der Waals surface area contributed by atoms with Crippen molar-refractivity contribution in [2.45, 2.75) is 33.2 Å². The zero-order valence-electron chi connectivity index (χ0n) is 7.70. The molecule has 0 aliphatic rings. The third kappa shape index (κ3) is 1.48. The minimum absolute atomic E-state index is 0.393. The second-order valence-corrected chi connectivity index (χ2v) is 3.04. The van der Waals surface area contributed by atoms with E-state index in [1.807, 2.05) is 13.0 Å². The van der Waals surface area contributed by atoms with Crippen LogP contribution in [-0.4, -0.2) is 9.78 Å². The molecule has 0 aromatic carbocycles. The van der Waals surface area contributed by atoms with E-state index < -0.39 is 0 Å². The summed E-state index contributed by atoms with van der Waals surface area (Å²) in [4.78, 5) is 0. The number of nitrogens with zero attached hydrogens (tertiary/aromatic N) is 3. The molecule has 1 rings (SSSR count). The molecule has 0 spiro atoms. The maximum atomic E-state index is 8.73. The molecular weight excluding hydrogens is 150 g/mol. The monoisotopic (exact) mass is 163 g/mol. The average Bonchev–Trinajstić information content (AvgIpc) is 2.46. The van der Waals surface area contributed by atoms with Gasteiger partial charge in [0.1, 0.15) is 11.8 Å². The largest absolute Gasteiger partial charge is 0.255 e. The van der Waals surface area contributed by atoms with E-state index in [1.165, 1.54) is 0 Å². The number of hydrogen-bond donors (Lipinski definition) is 0. The minimum atomic E-state index is 0.393. The van der Waals surface area contributed by atoms with Crippen molar-refractivity contribution in [3.63, 3.8) is 0 Å². The summed E-state index contributed by atoms with van der Waals surface area (Å²) in [5, 5.41) is 13.0. The third-order valence-electron chi connectivity index (χ3n) is 1.80. The Balaban J connectivity index is 3.07. The molecule has 3 heteroatoms. The van der Waals surface area contributed by atoms with Crippen LogP contribution >= 0.6 is 0 Å². The number of aromatic nitrogens is 2. The summed E-state index contributed by atoms with van der Waals surface area (Å²) in [5.41, 5.74) is 1.65. The highest BCUT2D eigenvalue weighted by Crippen LogP contribution is 2.13. The van der Waals surface area contributed by atoms with Crippen LogP contribution in [0, 0.1) is 11.3 Å². The van der Waals surface area contributed by atoms with E-state index in [9.17, 15) is 0 Å². The predicted octanol–water partition coefficient (Wildman–Crippen LogP) is 1.90. The van der Waals surface area contributed by atoms with E-state index in [1.54, 1.807) is 4.68 Å². The first-order valence-corrected chi connectivity index (χ1v) is 4.16. The Morgan fingerprint density at radius 3 is 2.67 bits per heavy atom. The van der Waals surface area contributed by atoms with E-state index in [-0.39, 0.29) is 0 Å². The lowest BCUT2D eigenvalue weighted by molar-refractivity contribution is 0.629. The van der Waals surface area contributed by atoms with Gasteiger partial charge in [0.2, 0.25) is 0 Å². The van der Waals surface area contributed by atoms with Crippen molar-refractivity contribution in [3.8, 4) is 6.07 Å². The Labute approximate surface area is 72.6 Å². The van der Waals surface area contributed by atoms with Gasteiger partial charge < -0.3 is 0 Å². The van der Waals surface area contributed by atoms with Crippen molar-refractivity contribution in [1.82, 2.24) is 9.78 Å². The molecule has 1 aromatic heterocycles. The maximum Gasteiger partial charge on any atom is 0.138 e. The molecule has 0 radical (unpaired) electrons. The molecule has 3 nitrogen and oxygen atoms in total. The smallest absolute Gasteiger partial charge is 0.138 e. The fourth-order valence-electron chi connectivity index (χ4n) is 1.05. The molecule has 0 aliphatic carbocycles. The van der Waals surface area contributed by atoms with Gasteiger partial charge >= 0.3 is 0 Å². The average molecular weight is 163 g/mol. The first kappa shape index (κ1) is 8.79. The Hall–Kier alpha value is -1.30. The van der Waals surface area contributed by atoms with Gasteiger partial charge in [-0.3, -0.25) is 4.68 Å². The lowest BCUT2D eigenvalue weighted by Crippen LogP contribution is -2.00. The molecule has 0 saturated heterocycles. The van der Waals surface area contributed by atoms with Crippen LogP contribution in [0.3, 0.4) is 0 Å². The van der Waals surface area contributed by atoms with E-state index >= 15 is 0 Å². The van der Waals surface area contributed by atoms with Gasteiger partial charge in [-0.2, -0.15) is 10.4 Å². The van der Waals surface area contributed by atoms with E-state index in [0.29, 0.717) is 11.6 Å². The molecular formula is C9H13N3. The van der Waals surface area contributed by atoms with Gasteiger partial charge in [-0.1, -0.05) is 13.8 Å². The molecule has 0 N–H and O–H groups in total. The topological polar surface area (TPSA) is 41.6 Å². The van der Waals surface area contributed by atoms with Crippen LogP contribution in [0.5, 0.6) is 0 Å². The van der Waals surface area contributed by atoms with Crippen molar-refractivity contribution in [2.24, 2.45) is 0 Å². The highest BCUT2D eigenvalue weighted by molar-refractivity contribution is 5.24. The second kappa shape index (κ2) is 3.40. The van der Waals surface area contributed by atoms with Gasteiger partial charge in [0.15, 0.2) is 0 Å². The van der Waals surface area contributed by atoms with Crippen molar-refractivity contribution in [1.29, 1.82) is 5.26 Å². The van der Waals surface area contributed by atoms with Crippen molar-refractivity contribution in [2.75, 3.05) is 0 Å². The third-order valence-corrected chi connectivity index (χ3v) is 1.80. The van der Waals surface area contributed by atoms with Gasteiger partial charge in [0.25, 0.3) is 0 Å². The van der Waals surface area contributed by atoms with Crippen LogP contribution in [0.4, 0.5) is 0 Å². The van der Waals surface area contributed by atoms with E-state index in [0.717, 1.165) is 12.2 Å². The Kier molecular flexibility index (Phi) is 2.49. The van der Waals surface area contributed by atoms with Crippen molar-refractivity contribution >= 4 is 0 Å². The molecule has 0 fully saturated rings. The highest BCUT2D eigenvalue weighted by Gasteiger charge is 2.07. The van der Waals surface area contributed by atoms with Crippen LogP contribution < -0.4 is 0 Å². The molecule has 1 heterocycles. The van der Waals surface area contributed by atoms with Crippen molar-refractivity contribution in [3.05, 3.63) is 17.5 Å². The van der Waals surface area contributed by atoms with Crippen LogP contribution in [0.25, 0.3) is 0 Å². The highest BCUT2D eigenvalue weighted by atomic mass is 15.3. The fourth-order valence-corrected chi connectivity index (χ4v) is 1.05. The van der Waals surface area contributed by atoms with Crippen LogP contribution in [0.1, 0.15) is 38.1 Å². The summed E-state index contributed by atoms with van der Waals surface area (Å²) in [7, 11) is 0. The first-order valence-electron chi connectivity index (χ1n) is 4.16. The lowest BCUT2D eigenvalue weighted by atomic mass is 10.1. The first-order chi connectivity index (χ1) is 5.69. The quantitative estimate of drug-likeness (QED) is 0.668. The molecule has 0 bridgehead atoms. The summed E-state index contributed by atoms with van der Waals surface area (Å²) in [5.74, 6) is 0.393. The molecule has 0 aliphatic heterocycles. The lowest BCUT2D eigenvalue weighted by Gasteiger charge is -1.97. The SMILES string of the molecule is CCn1nc(C(C)C)cc1C#N. The summed E-state index contributed by atoms with van der Waals surface area (Å²) in [6.45, 7) is 6.89. The Morgan fingerprint density at radius 2 is 2.33 bits per heavy atom. The molecule has 0 amide bonds. The van der Waals surface area contributed by atoms with E-state index in [4.69, 9.17) is 5.26 Å². The molecule has 1 aromatic rings. The molecule has 0 saturated carbocycles. The van der Waals surface area contributed by atoms with E-state index in [2.05, 4.69) is 25.0 Å². The number of rotatable bonds is 2. The summed E-state index contributed by atoms with van der Waals surface area (Å²) in [6.07, 6.45) is 0. The van der Waals surface area contributed by atoms with Gasteiger partial charge in [-0.15, -0.1) is 0 Å². The molecule has 12 heavy (non-hydrogen) atoms. The standard InChI is InChI=1S/C9H13N3/c1-4-12-8(6-10)5-9(11-12)7(2)3/h5,7H,4H2,1-3H3. The number of nitriles is 1. The number of hydrogen-bond acceptors (Lipinski definition) is 2. The summed E-state index contributed by atoms with van der Waals surface area (Å²) in [6, 6.07) is 3.98. The summed E-state index contributed by atoms with van der Waals surface area (Å²) >= 11 is 0. The minimum Gasteiger partial charge on any atom is -0.255 e. The maximum absolute atomic E-state index is 8.73. The van der Waals surface area contributed by atoms with Gasteiger partial charge in [-0.05, 0) is 18.9 Å². The van der Waals surface area contributed by atoms with Crippen LogP contribution in [-0.2, 0) is 6.54 Å². The second-order valence-electron chi connectivity index (χ2n) is 3.04. The number of aryl methyl sites for hydroxylation is 1. The van der Waals surface area contributed by atoms with Gasteiger partial charge in [-0.25, -0.2) is 0 Å². The summed E-state index contributed by atoms with van der Waals surface area (Å²) < 4.78 is 1.73.